The van der Waals surface area contributed by atoms with Gasteiger partial charge in [-0.2, -0.15) is 13.2 Å². The molecule has 214 valence electrons. The first-order chi connectivity index (χ1) is 19.7. The van der Waals surface area contributed by atoms with Crippen molar-refractivity contribution in [3.8, 4) is 11.8 Å². The van der Waals surface area contributed by atoms with Crippen molar-refractivity contribution in [1.29, 1.82) is 0 Å². The molecule has 0 radical (unpaired) electrons. The number of rotatable bonds is 5. The van der Waals surface area contributed by atoms with Crippen molar-refractivity contribution in [2.24, 2.45) is 0 Å². The van der Waals surface area contributed by atoms with Gasteiger partial charge in [0, 0.05) is 67.3 Å². The Morgan fingerprint density at radius 3 is 2.56 bits per heavy atom. The number of carbonyl (C=O) groups is 1. The second kappa shape index (κ2) is 12.4. The lowest BCUT2D eigenvalue weighted by molar-refractivity contribution is -0.138. The Kier molecular flexibility index (Phi) is 8.74. The number of alkyl halides is 3. The molecule has 1 atom stereocenters. The van der Waals surface area contributed by atoms with Gasteiger partial charge in [0.2, 0.25) is 0 Å². The van der Waals surface area contributed by atoms with Crippen LogP contribution in [0.1, 0.15) is 62.8 Å². The molecule has 9 heteroatoms. The van der Waals surface area contributed by atoms with E-state index in [9.17, 15) is 18.0 Å². The van der Waals surface area contributed by atoms with Crippen molar-refractivity contribution in [3.05, 3.63) is 93.8 Å². The van der Waals surface area contributed by atoms with Gasteiger partial charge in [0.1, 0.15) is 0 Å². The van der Waals surface area contributed by atoms with Gasteiger partial charge in [-0.05, 0) is 80.9 Å². The third kappa shape index (κ3) is 7.33. The molecule has 2 saturated heterocycles. The van der Waals surface area contributed by atoms with Crippen molar-refractivity contribution < 1.29 is 18.0 Å². The summed E-state index contributed by atoms with van der Waals surface area (Å²) in [6, 6.07) is 13.3. The second-order valence-corrected chi connectivity index (χ2v) is 10.8. The maximum Gasteiger partial charge on any atom is 0.416 e. The number of likely N-dealkylation sites (N-methyl/N-ethyl adjacent to an activating group) is 1. The highest BCUT2D eigenvalue weighted by Gasteiger charge is 2.34. The fourth-order valence-electron chi connectivity index (χ4n) is 5.17. The quantitative estimate of drug-likeness (QED) is 0.418. The highest BCUT2D eigenvalue weighted by Crippen LogP contribution is 2.35. The topological polar surface area (TPSA) is 60.5 Å². The molecule has 0 spiro atoms. The molecule has 6 nitrogen and oxygen atoms in total. The maximum absolute atomic E-state index is 14.0. The number of piperazine rings is 1. The van der Waals surface area contributed by atoms with E-state index in [0.29, 0.717) is 24.2 Å². The van der Waals surface area contributed by atoms with E-state index < -0.39 is 17.6 Å². The molecule has 0 bridgehead atoms. The molecule has 2 aliphatic heterocycles. The first-order valence-electron chi connectivity index (χ1n) is 13.9. The Balaban J connectivity index is 1.29. The summed E-state index contributed by atoms with van der Waals surface area (Å²) >= 11 is 0. The van der Waals surface area contributed by atoms with Crippen molar-refractivity contribution >= 4 is 11.6 Å². The smallest absolute Gasteiger partial charge is 0.322 e. The summed E-state index contributed by atoms with van der Waals surface area (Å²) in [7, 11) is 2.00. The SMILES string of the molecule is Cc1ccc(C(=O)Nc2ccc(CN3CCN(C)CC3)c(C(F)(F)F)c2)cc1C#Cc1ccc(C2CCCN2)nc1. The first kappa shape index (κ1) is 28.8. The van der Waals surface area contributed by atoms with Gasteiger partial charge < -0.3 is 15.5 Å². The lowest BCUT2D eigenvalue weighted by Crippen LogP contribution is -2.44. The van der Waals surface area contributed by atoms with Crippen LogP contribution in [0.5, 0.6) is 0 Å². The molecule has 3 aromatic rings. The van der Waals surface area contributed by atoms with Crippen molar-refractivity contribution in [1.82, 2.24) is 20.1 Å². The molecule has 2 N–H and O–H groups in total. The molecule has 5 rings (SSSR count). The summed E-state index contributed by atoms with van der Waals surface area (Å²) in [6.45, 7) is 6.18. The van der Waals surface area contributed by atoms with Crippen LogP contribution < -0.4 is 10.6 Å². The Hall–Kier alpha value is -3.71. The molecule has 3 heterocycles. The number of aryl methyl sites for hydroxylation is 1. The monoisotopic (exact) mass is 561 g/mol. The number of anilines is 1. The Morgan fingerprint density at radius 2 is 1.88 bits per heavy atom. The zero-order valence-corrected chi connectivity index (χ0v) is 23.3. The van der Waals surface area contributed by atoms with Crippen LogP contribution in [-0.2, 0) is 12.7 Å². The fourth-order valence-corrected chi connectivity index (χ4v) is 5.17. The molecule has 41 heavy (non-hydrogen) atoms. The molecular weight excluding hydrogens is 527 g/mol. The molecule has 2 aliphatic rings. The third-order valence-electron chi connectivity index (χ3n) is 7.71. The largest absolute Gasteiger partial charge is 0.416 e. The predicted molar refractivity (Wildman–Crippen MR) is 154 cm³/mol. The second-order valence-electron chi connectivity index (χ2n) is 10.8. The number of nitrogens with zero attached hydrogens (tertiary/aromatic N) is 3. The van der Waals surface area contributed by atoms with Crippen molar-refractivity contribution in [2.45, 2.75) is 38.5 Å². The molecule has 1 unspecified atom stereocenters. The van der Waals surface area contributed by atoms with Crippen LogP contribution in [0.15, 0.2) is 54.7 Å². The molecule has 2 fully saturated rings. The minimum atomic E-state index is -4.53. The summed E-state index contributed by atoms with van der Waals surface area (Å²) in [5.74, 6) is 5.72. The van der Waals surface area contributed by atoms with Crippen LogP contribution in [0.2, 0.25) is 0 Å². The van der Waals surface area contributed by atoms with Gasteiger partial charge in [-0.3, -0.25) is 14.7 Å². The minimum absolute atomic E-state index is 0.0978. The lowest BCUT2D eigenvalue weighted by Gasteiger charge is -2.33. The van der Waals surface area contributed by atoms with E-state index in [2.05, 4.69) is 32.4 Å². The van der Waals surface area contributed by atoms with Gasteiger partial charge >= 0.3 is 6.18 Å². The highest BCUT2D eigenvalue weighted by atomic mass is 19.4. The van der Waals surface area contributed by atoms with E-state index >= 15 is 0 Å². The molecule has 0 aliphatic carbocycles. The number of pyridine rings is 1. The zero-order chi connectivity index (χ0) is 29.0. The summed E-state index contributed by atoms with van der Waals surface area (Å²) in [5, 5.41) is 6.06. The van der Waals surface area contributed by atoms with E-state index in [1.54, 1.807) is 24.4 Å². The minimum Gasteiger partial charge on any atom is -0.322 e. The first-order valence-corrected chi connectivity index (χ1v) is 13.9. The van der Waals surface area contributed by atoms with E-state index in [-0.39, 0.29) is 23.8 Å². The van der Waals surface area contributed by atoms with Gasteiger partial charge in [0.15, 0.2) is 0 Å². The van der Waals surface area contributed by atoms with Gasteiger partial charge in [-0.15, -0.1) is 0 Å². The zero-order valence-electron chi connectivity index (χ0n) is 23.3. The van der Waals surface area contributed by atoms with Crippen LogP contribution >= 0.6 is 0 Å². The molecule has 1 amide bonds. The van der Waals surface area contributed by atoms with Gasteiger partial charge in [0.25, 0.3) is 5.91 Å². The highest BCUT2D eigenvalue weighted by molar-refractivity contribution is 6.04. The van der Waals surface area contributed by atoms with Gasteiger partial charge in [-0.1, -0.05) is 24.0 Å². The Morgan fingerprint density at radius 1 is 1.07 bits per heavy atom. The number of benzene rings is 2. The average molecular weight is 562 g/mol. The van der Waals surface area contributed by atoms with Crippen LogP contribution in [0.4, 0.5) is 18.9 Å². The summed E-state index contributed by atoms with van der Waals surface area (Å²) in [6.07, 6.45) is -0.567. The van der Waals surface area contributed by atoms with Crippen LogP contribution in [0.3, 0.4) is 0 Å². The number of hydrogen-bond donors (Lipinski definition) is 2. The maximum atomic E-state index is 14.0. The fraction of sp³-hybridized carbons (Fsp3) is 0.375. The molecule has 1 aromatic heterocycles. The van der Waals surface area contributed by atoms with Crippen molar-refractivity contribution in [2.75, 3.05) is 45.1 Å². The summed E-state index contributed by atoms with van der Waals surface area (Å²) in [5.41, 5.74) is 3.21. The van der Waals surface area contributed by atoms with E-state index in [4.69, 9.17) is 0 Å². The normalized spacial score (nSPS) is 18.1. The Bertz CT molecular complexity index is 1440. The number of hydrogen-bond acceptors (Lipinski definition) is 5. The number of carbonyl (C=O) groups excluding carboxylic acids is 1. The van der Waals surface area contributed by atoms with Crippen molar-refractivity contribution in [3.63, 3.8) is 0 Å². The number of amides is 1. The number of aromatic nitrogens is 1. The standard InChI is InChI=1S/C32H34F3N5O/c1-22-5-8-25(18-24(22)9-6-23-7-12-30(37-20-23)29-4-3-13-36-29)31(41)38-27-11-10-26(28(19-27)32(33,34)35)21-40-16-14-39(2)15-17-40/h5,7-8,10-12,18-20,29,36H,3-4,13-17,21H2,1-2H3,(H,38,41). The van der Waals surface area contributed by atoms with E-state index in [0.717, 1.165) is 55.4 Å². The van der Waals surface area contributed by atoms with E-state index in [1.165, 1.54) is 12.1 Å². The van der Waals surface area contributed by atoms with Gasteiger partial charge in [-0.25, -0.2) is 0 Å². The van der Waals surface area contributed by atoms with Crippen LogP contribution in [0, 0.1) is 18.8 Å². The number of nitrogens with one attached hydrogen (secondary N) is 2. The van der Waals surface area contributed by atoms with Crippen LogP contribution in [0.25, 0.3) is 0 Å². The Labute approximate surface area is 239 Å². The predicted octanol–water partition coefficient (Wildman–Crippen LogP) is 5.23. The van der Waals surface area contributed by atoms with Crippen LogP contribution in [-0.4, -0.2) is 60.5 Å². The lowest BCUT2D eigenvalue weighted by atomic mass is 10.0. The third-order valence-corrected chi connectivity index (χ3v) is 7.71. The molecule has 0 saturated carbocycles. The summed E-state index contributed by atoms with van der Waals surface area (Å²) < 4.78 is 41.9. The summed E-state index contributed by atoms with van der Waals surface area (Å²) in [4.78, 5) is 21.8. The average Bonchev–Trinajstić information content (AvgIpc) is 3.49. The molecule has 2 aromatic carbocycles. The molecular formula is C32H34F3N5O. The van der Waals surface area contributed by atoms with Gasteiger partial charge in [0.05, 0.1) is 11.3 Å². The van der Waals surface area contributed by atoms with E-state index in [1.807, 2.05) is 31.0 Å². The number of halogens is 3.